The number of halogens is 1. The highest BCUT2D eigenvalue weighted by Gasteiger charge is 2.09. The number of hydrogen-bond acceptors (Lipinski definition) is 3. The van der Waals surface area contributed by atoms with Crippen LogP contribution in [0, 0.1) is 5.82 Å². The van der Waals surface area contributed by atoms with Crippen LogP contribution in [0.15, 0.2) is 42.5 Å². The van der Waals surface area contributed by atoms with Crippen molar-refractivity contribution in [3.63, 3.8) is 0 Å². The summed E-state index contributed by atoms with van der Waals surface area (Å²) in [5, 5.41) is 5.62. The minimum atomic E-state index is -0.500. The predicted octanol–water partition coefficient (Wildman–Crippen LogP) is 3.52. The lowest BCUT2D eigenvalue weighted by atomic mass is 10.2. The Morgan fingerprint density at radius 3 is 2.38 bits per heavy atom. The highest BCUT2D eigenvalue weighted by molar-refractivity contribution is 6.04. The Morgan fingerprint density at radius 2 is 1.81 bits per heavy atom. The number of benzene rings is 2. The first kappa shape index (κ1) is 14.8. The molecule has 0 saturated carbocycles. The largest absolute Gasteiger partial charge is 0.491 e. The molecule has 0 atom stereocenters. The second kappa shape index (κ2) is 6.74. The van der Waals surface area contributed by atoms with Crippen molar-refractivity contribution < 1.29 is 13.9 Å². The van der Waals surface area contributed by atoms with Crippen molar-refractivity contribution in [3.8, 4) is 5.75 Å². The molecule has 0 aliphatic carbocycles. The molecule has 110 valence electrons. The maximum atomic E-state index is 13.7. The molecule has 0 aliphatic heterocycles. The molecule has 0 unspecified atom stereocenters. The molecular weight excluding hydrogens is 271 g/mol. The molecule has 0 bridgehead atoms. The van der Waals surface area contributed by atoms with Gasteiger partial charge >= 0.3 is 0 Å². The first-order valence-electron chi connectivity index (χ1n) is 6.65. The fourth-order valence-corrected chi connectivity index (χ4v) is 1.84. The molecule has 2 aromatic carbocycles. The third-order valence-electron chi connectivity index (χ3n) is 2.93. The summed E-state index contributed by atoms with van der Waals surface area (Å²) in [7, 11) is 1.80. The Bertz CT molecular complexity index is 627. The number of rotatable bonds is 5. The number of nitrogens with one attached hydrogen (secondary N) is 2. The zero-order valence-electron chi connectivity index (χ0n) is 11.9. The van der Waals surface area contributed by atoms with Crippen LogP contribution in [0.25, 0.3) is 0 Å². The van der Waals surface area contributed by atoms with Crippen LogP contribution in [-0.2, 0) is 0 Å². The fraction of sp³-hybridized carbons (Fsp3) is 0.188. The summed E-state index contributed by atoms with van der Waals surface area (Å²) < 4.78 is 18.8. The van der Waals surface area contributed by atoms with Gasteiger partial charge in [-0.05, 0) is 43.3 Å². The van der Waals surface area contributed by atoms with Gasteiger partial charge in [-0.1, -0.05) is 0 Å². The molecule has 2 aromatic rings. The lowest BCUT2D eigenvalue weighted by Gasteiger charge is -2.09. The second-order valence-corrected chi connectivity index (χ2v) is 4.36. The van der Waals surface area contributed by atoms with Gasteiger partial charge in [0.05, 0.1) is 6.61 Å². The lowest BCUT2D eigenvalue weighted by molar-refractivity contribution is 0.102. The molecule has 21 heavy (non-hydrogen) atoms. The van der Waals surface area contributed by atoms with E-state index >= 15 is 0 Å². The van der Waals surface area contributed by atoms with E-state index in [0.717, 1.165) is 5.69 Å². The molecule has 2 N–H and O–H groups in total. The molecular formula is C16H17FN2O2. The molecule has 0 aliphatic rings. The van der Waals surface area contributed by atoms with Crippen LogP contribution in [-0.4, -0.2) is 19.6 Å². The van der Waals surface area contributed by atoms with Crippen molar-refractivity contribution in [3.05, 3.63) is 53.8 Å². The molecule has 5 heteroatoms. The van der Waals surface area contributed by atoms with Gasteiger partial charge in [0.2, 0.25) is 0 Å². The molecule has 0 fully saturated rings. The average molecular weight is 288 g/mol. The summed E-state index contributed by atoms with van der Waals surface area (Å²) in [6.07, 6.45) is 0. The van der Waals surface area contributed by atoms with Gasteiger partial charge < -0.3 is 15.4 Å². The first-order chi connectivity index (χ1) is 10.1. The van der Waals surface area contributed by atoms with Gasteiger partial charge in [-0.3, -0.25) is 4.79 Å². The molecule has 2 rings (SSSR count). The van der Waals surface area contributed by atoms with Gasteiger partial charge in [-0.25, -0.2) is 4.39 Å². The van der Waals surface area contributed by atoms with Crippen LogP contribution in [0.1, 0.15) is 17.3 Å². The Kier molecular flexibility index (Phi) is 4.77. The van der Waals surface area contributed by atoms with Crippen molar-refractivity contribution in [2.45, 2.75) is 6.92 Å². The van der Waals surface area contributed by atoms with E-state index in [-0.39, 0.29) is 11.7 Å². The van der Waals surface area contributed by atoms with E-state index in [1.807, 2.05) is 0 Å². The minimum absolute atomic E-state index is 0.175. The van der Waals surface area contributed by atoms with E-state index in [9.17, 15) is 9.18 Å². The van der Waals surface area contributed by atoms with Crippen LogP contribution < -0.4 is 15.4 Å². The van der Waals surface area contributed by atoms with Gasteiger partial charge in [0.1, 0.15) is 0 Å². The van der Waals surface area contributed by atoms with Crippen LogP contribution in [0.4, 0.5) is 15.8 Å². The molecule has 0 aromatic heterocycles. The summed E-state index contributed by atoms with van der Waals surface area (Å²) in [5.74, 6) is -0.615. The Hall–Kier alpha value is -2.56. The third-order valence-corrected chi connectivity index (χ3v) is 2.93. The van der Waals surface area contributed by atoms with Crippen molar-refractivity contribution in [1.82, 2.24) is 0 Å². The molecule has 4 nitrogen and oxygen atoms in total. The summed E-state index contributed by atoms with van der Waals surface area (Å²) in [6, 6.07) is 11.3. The standard InChI is InChI=1S/C16H17FN2O2/c1-3-21-15-9-8-13(10-14(15)17)19-16(20)11-4-6-12(18-2)7-5-11/h4-10,18H,3H2,1-2H3,(H,19,20). The lowest BCUT2D eigenvalue weighted by Crippen LogP contribution is -2.12. The van der Waals surface area contributed by atoms with E-state index < -0.39 is 5.82 Å². The van der Waals surface area contributed by atoms with Crippen LogP contribution >= 0.6 is 0 Å². The highest BCUT2D eigenvalue weighted by atomic mass is 19.1. The first-order valence-corrected chi connectivity index (χ1v) is 6.65. The second-order valence-electron chi connectivity index (χ2n) is 4.36. The molecule has 0 heterocycles. The Labute approximate surface area is 122 Å². The maximum absolute atomic E-state index is 13.7. The zero-order chi connectivity index (χ0) is 15.2. The highest BCUT2D eigenvalue weighted by Crippen LogP contribution is 2.21. The Morgan fingerprint density at radius 1 is 1.14 bits per heavy atom. The van der Waals surface area contributed by atoms with E-state index in [1.165, 1.54) is 12.1 Å². The summed E-state index contributed by atoms with van der Waals surface area (Å²) >= 11 is 0. The van der Waals surface area contributed by atoms with Gasteiger partial charge in [0.15, 0.2) is 11.6 Å². The van der Waals surface area contributed by atoms with E-state index in [2.05, 4.69) is 10.6 Å². The average Bonchev–Trinajstić information content (AvgIpc) is 2.50. The van der Waals surface area contributed by atoms with Crippen molar-refractivity contribution in [1.29, 1.82) is 0 Å². The van der Waals surface area contributed by atoms with E-state index in [0.29, 0.717) is 17.9 Å². The maximum Gasteiger partial charge on any atom is 0.255 e. The van der Waals surface area contributed by atoms with Gasteiger partial charge in [0, 0.05) is 30.1 Å². The molecule has 0 saturated heterocycles. The van der Waals surface area contributed by atoms with Gasteiger partial charge in [-0.15, -0.1) is 0 Å². The minimum Gasteiger partial charge on any atom is -0.491 e. The number of carbonyl (C=O) groups is 1. The van der Waals surface area contributed by atoms with Gasteiger partial charge in [0.25, 0.3) is 5.91 Å². The quantitative estimate of drug-likeness (QED) is 0.885. The summed E-state index contributed by atoms with van der Waals surface area (Å²) in [6.45, 7) is 2.17. The third kappa shape index (κ3) is 3.72. The topological polar surface area (TPSA) is 50.4 Å². The summed E-state index contributed by atoms with van der Waals surface area (Å²) in [4.78, 5) is 12.1. The number of hydrogen-bond donors (Lipinski definition) is 2. The number of carbonyl (C=O) groups excluding carboxylic acids is 1. The van der Waals surface area contributed by atoms with Crippen molar-refractivity contribution in [2.24, 2.45) is 0 Å². The van der Waals surface area contributed by atoms with E-state index in [4.69, 9.17) is 4.74 Å². The number of ether oxygens (including phenoxy) is 1. The van der Waals surface area contributed by atoms with Crippen molar-refractivity contribution in [2.75, 3.05) is 24.3 Å². The number of anilines is 2. The molecule has 1 amide bonds. The molecule has 0 radical (unpaired) electrons. The van der Waals surface area contributed by atoms with Crippen molar-refractivity contribution >= 4 is 17.3 Å². The summed E-state index contributed by atoms with van der Waals surface area (Å²) in [5.41, 5.74) is 1.81. The Balaban J connectivity index is 2.09. The molecule has 0 spiro atoms. The zero-order valence-corrected chi connectivity index (χ0v) is 11.9. The monoisotopic (exact) mass is 288 g/mol. The van der Waals surface area contributed by atoms with E-state index in [1.54, 1.807) is 44.3 Å². The predicted molar refractivity (Wildman–Crippen MR) is 81.5 cm³/mol. The van der Waals surface area contributed by atoms with Crippen LogP contribution in [0.3, 0.4) is 0 Å². The van der Waals surface area contributed by atoms with Gasteiger partial charge in [-0.2, -0.15) is 0 Å². The number of amides is 1. The fourth-order valence-electron chi connectivity index (χ4n) is 1.84. The van der Waals surface area contributed by atoms with Crippen LogP contribution in [0.5, 0.6) is 5.75 Å². The van der Waals surface area contributed by atoms with Crippen LogP contribution in [0.2, 0.25) is 0 Å². The normalized spacial score (nSPS) is 10.0. The SMILES string of the molecule is CCOc1ccc(NC(=O)c2ccc(NC)cc2)cc1F. The smallest absolute Gasteiger partial charge is 0.255 e.